The molecular weight excluding hydrogens is 474 g/mol. The van der Waals surface area contributed by atoms with Gasteiger partial charge in [0.1, 0.15) is 11.9 Å². The summed E-state index contributed by atoms with van der Waals surface area (Å²) < 4.78 is 13.4. The van der Waals surface area contributed by atoms with Gasteiger partial charge in [-0.2, -0.15) is 0 Å². The molecule has 0 aliphatic rings. The summed E-state index contributed by atoms with van der Waals surface area (Å²) in [6.07, 6.45) is 0.319. The highest BCUT2D eigenvalue weighted by Gasteiger charge is 2.31. The Bertz CT molecular complexity index is 1100. The molecule has 7 heteroatoms. The molecule has 0 saturated carbocycles. The van der Waals surface area contributed by atoms with Gasteiger partial charge >= 0.3 is 0 Å². The fourth-order valence-corrected chi connectivity index (χ4v) is 4.18. The average molecular weight is 501 g/mol. The van der Waals surface area contributed by atoms with Gasteiger partial charge in [-0.1, -0.05) is 71.7 Å². The molecule has 178 valence electrons. The lowest BCUT2D eigenvalue weighted by molar-refractivity contribution is -0.141. The van der Waals surface area contributed by atoms with E-state index in [4.69, 9.17) is 23.2 Å². The van der Waals surface area contributed by atoms with E-state index in [1.54, 1.807) is 30.3 Å². The van der Waals surface area contributed by atoms with E-state index >= 15 is 0 Å². The Morgan fingerprint density at radius 3 is 2.09 bits per heavy atom. The van der Waals surface area contributed by atoms with Gasteiger partial charge < -0.3 is 10.2 Å². The van der Waals surface area contributed by atoms with Gasteiger partial charge in [-0.3, -0.25) is 9.59 Å². The maximum absolute atomic E-state index is 13.6. The van der Waals surface area contributed by atoms with Gasteiger partial charge in [0.2, 0.25) is 11.8 Å². The number of amides is 2. The predicted octanol–water partition coefficient (Wildman–Crippen LogP) is 5.84. The highest BCUT2D eigenvalue weighted by atomic mass is 35.5. The summed E-state index contributed by atoms with van der Waals surface area (Å²) in [5.41, 5.74) is 2.12. The number of halogens is 3. The van der Waals surface area contributed by atoms with Gasteiger partial charge in [-0.25, -0.2) is 4.39 Å². The Morgan fingerprint density at radius 1 is 0.882 bits per heavy atom. The first-order chi connectivity index (χ1) is 16.2. The number of carbonyl (C=O) groups excluding carboxylic acids is 2. The minimum absolute atomic E-state index is 0.00258. The van der Waals surface area contributed by atoms with Crippen molar-refractivity contribution in [1.82, 2.24) is 10.2 Å². The van der Waals surface area contributed by atoms with Crippen molar-refractivity contribution in [3.05, 3.63) is 105 Å². The molecule has 0 saturated heterocycles. The number of benzene rings is 3. The van der Waals surface area contributed by atoms with Crippen LogP contribution in [0.4, 0.5) is 4.39 Å². The van der Waals surface area contributed by atoms with Crippen LogP contribution in [-0.4, -0.2) is 28.8 Å². The molecule has 0 aliphatic carbocycles. The smallest absolute Gasteiger partial charge is 0.243 e. The van der Waals surface area contributed by atoms with E-state index in [9.17, 15) is 14.0 Å². The van der Waals surface area contributed by atoms with Crippen LogP contribution in [0.5, 0.6) is 0 Å². The number of rotatable bonds is 9. The molecule has 3 rings (SSSR count). The number of hydrogen-bond donors (Lipinski definition) is 1. The SMILES string of the molecule is CC(C)NC(=O)[C@@H](Cc1ccccc1)N(Cc1c(Cl)cccc1Cl)C(=O)Cc1ccc(F)cc1. The van der Waals surface area contributed by atoms with Crippen molar-refractivity contribution in [1.29, 1.82) is 0 Å². The molecule has 0 spiro atoms. The van der Waals surface area contributed by atoms with Crippen molar-refractivity contribution >= 4 is 35.0 Å². The molecule has 0 unspecified atom stereocenters. The van der Waals surface area contributed by atoms with Gasteiger partial charge in [0, 0.05) is 34.6 Å². The third-order valence-corrected chi connectivity index (χ3v) is 6.07. The molecule has 0 radical (unpaired) electrons. The van der Waals surface area contributed by atoms with E-state index in [1.807, 2.05) is 44.2 Å². The van der Waals surface area contributed by atoms with Gasteiger partial charge in [-0.05, 0) is 49.2 Å². The van der Waals surface area contributed by atoms with Crippen LogP contribution in [0.15, 0.2) is 72.8 Å². The average Bonchev–Trinajstić information content (AvgIpc) is 2.79. The third-order valence-electron chi connectivity index (χ3n) is 5.36. The molecule has 0 aromatic heterocycles. The Kier molecular flexibility index (Phi) is 9.08. The lowest BCUT2D eigenvalue weighted by Gasteiger charge is -2.32. The Morgan fingerprint density at radius 2 is 1.50 bits per heavy atom. The fourth-order valence-electron chi connectivity index (χ4n) is 3.67. The van der Waals surface area contributed by atoms with Gasteiger partial charge in [0.25, 0.3) is 0 Å². The van der Waals surface area contributed by atoms with Crippen LogP contribution in [0.25, 0.3) is 0 Å². The maximum Gasteiger partial charge on any atom is 0.243 e. The minimum Gasteiger partial charge on any atom is -0.352 e. The van der Waals surface area contributed by atoms with Crippen molar-refractivity contribution in [2.75, 3.05) is 0 Å². The molecule has 34 heavy (non-hydrogen) atoms. The first kappa shape index (κ1) is 25.7. The van der Waals surface area contributed by atoms with Crippen molar-refractivity contribution in [3.63, 3.8) is 0 Å². The zero-order valence-electron chi connectivity index (χ0n) is 19.1. The van der Waals surface area contributed by atoms with Crippen molar-refractivity contribution in [2.45, 2.75) is 45.3 Å². The standard InChI is InChI=1S/C27H27Cl2FN2O2/c1-18(2)31-27(34)25(15-19-7-4-3-5-8-19)32(17-22-23(28)9-6-10-24(22)29)26(33)16-20-11-13-21(30)14-12-20/h3-14,18,25H,15-17H2,1-2H3,(H,31,34)/t25-/m1/s1. The summed E-state index contributed by atoms with van der Waals surface area (Å²) in [5.74, 6) is -0.939. The summed E-state index contributed by atoms with van der Waals surface area (Å²) in [5, 5.41) is 3.76. The Balaban J connectivity index is 2.01. The van der Waals surface area contributed by atoms with E-state index in [0.717, 1.165) is 5.56 Å². The van der Waals surface area contributed by atoms with Crippen molar-refractivity contribution in [3.8, 4) is 0 Å². The van der Waals surface area contributed by atoms with E-state index in [0.29, 0.717) is 27.6 Å². The van der Waals surface area contributed by atoms with E-state index in [-0.39, 0.29) is 36.6 Å². The van der Waals surface area contributed by atoms with Crippen LogP contribution in [-0.2, 0) is 29.0 Å². The second-order valence-corrected chi connectivity index (χ2v) is 9.21. The van der Waals surface area contributed by atoms with E-state index in [2.05, 4.69) is 5.32 Å². The third kappa shape index (κ3) is 7.05. The van der Waals surface area contributed by atoms with Crippen molar-refractivity contribution in [2.24, 2.45) is 0 Å². The van der Waals surface area contributed by atoms with Crippen LogP contribution in [0.3, 0.4) is 0 Å². The molecule has 3 aromatic carbocycles. The zero-order valence-corrected chi connectivity index (χ0v) is 20.6. The summed E-state index contributed by atoms with van der Waals surface area (Å²) in [7, 11) is 0. The number of nitrogens with zero attached hydrogens (tertiary/aromatic N) is 1. The highest BCUT2D eigenvalue weighted by Crippen LogP contribution is 2.27. The summed E-state index contributed by atoms with van der Waals surface area (Å²) in [6, 6.07) is 19.5. The highest BCUT2D eigenvalue weighted by molar-refractivity contribution is 6.36. The van der Waals surface area contributed by atoms with Gasteiger partial charge in [0.05, 0.1) is 6.42 Å². The van der Waals surface area contributed by atoms with E-state index in [1.165, 1.54) is 17.0 Å². The van der Waals surface area contributed by atoms with Gasteiger partial charge in [-0.15, -0.1) is 0 Å². The topological polar surface area (TPSA) is 49.4 Å². The van der Waals surface area contributed by atoms with Gasteiger partial charge in [0.15, 0.2) is 0 Å². The first-order valence-electron chi connectivity index (χ1n) is 11.1. The molecule has 3 aromatic rings. The maximum atomic E-state index is 13.6. The van der Waals surface area contributed by atoms with Crippen LogP contribution < -0.4 is 5.32 Å². The molecule has 1 atom stereocenters. The summed E-state index contributed by atoms with van der Waals surface area (Å²) in [4.78, 5) is 28.5. The number of nitrogens with one attached hydrogen (secondary N) is 1. The molecule has 1 N–H and O–H groups in total. The van der Waals surface area contributed by atoms with E-state index < -0.39 is 6.04 Å². The van der Waals surface area contributed by atoms with Crippen LogP contribution in [0.2, 0.25) is 10.0 Å². The molecule has 4 nitrogen and oxygen atoms in total. The molecule has 0 heterocycles. The monoisotopic (exact) mass is 500 g/mol. The van der Waals surface area contributed by atoms with Crippen LogP contribution in [0, 0.1) is 5.82 Å². The predicted molar refractivity (Wildman–Crippen MR) is 134 cm³/mol. The molecule has 0 aliphatic heterocycles. The molecule has 2 amide bonds. The summed E-state index contributed by atoms with van der Waals surface area (Å²) >= 11 is 12.8. The Hall–Kier alpha value is -2.89. The Labute approximate surface area is 209 Å². The first-order valence-corrected chi connectivity index (χ1v) is 11.8. The molecular formula is C27H27Cl2FN2O2. The quantitative estimate of drug-likeness (QED) is 0.401. The lowest BCUT2D eigenvalue weighted by Crippen LogP contribution is -2.52. The lowest BCUT2D eigenvalue weighted by atomic mass is 10.0. The zero-order chi connectivity index (χ0) is 24.7. The minimum atomic E-state index is -0.801. The number of carbonyl (C=O) groups is 2. The second-order valence-electron chi connectivity index (χ2n) is 8.39. The fraction of sp³-hybridized carbons (Fsp3) is 0.259. The molecule has 0 bridgehead atoms. The molecule has 0 fully saturated rings. The largest absolute Gasteiger partial charge is 0.352 e. The normalized spacial score (nSPS) is 11.8. The number of hydrogen-bond acceptors (Lipinski definition) is 2. The van der Waals surface area contributed by atoms with Crippen LogP contribution >= 0.6 is 23.2 Å². The summed E-state index contributed by atoms with van der Waals surface area (Å²) in [6.45, 7) is 3.79. The van der Waals surface area contributed by atoms with Crippen molar-refractivity contribution < 1.29 is 14.0 Å². The van der Waals surface area contributed by atoms with Crippen LogP contribution in [0.1, 0.15) is 30.5 Å². The second kappa shape index (κ2) is 12.0.